The van der Waals surface area contributed by atoms with Crippen LogP contribution in [0.1, 0.15) is 21.5 Å². The van der Waals surface area contributed by atoms with Gasteiger partial charge in [-0.05, 0) is 35.4 Å². The van der Waals surface area contributed by atoms with E-state index in [0.717, 1.165) is 22.2 Å². The second-order valence-corrected chi connectivity index (χ2v) is 6.60. The maximum absolute atomic E-state index is 12.3. The predicted octanol–water partition coefficient (Wildman–Crippen LogP) is 2.48. The Hall–Kier alpha value is -4.00. The SMILES string of the molecule is O=C(Cc1ccccc1)NNC(=O)c1ccc(Cn2nnc3ccccc32)cc1. The van der Waals surface area contributed by atoms with Gasteiger partial charge in [-0.3, -0.25) is 20.4 Å². The predicted molar refractivity (Wildman–Crippen MR) is 109 cm³/mol. The van der Waals surface area contributed by atoms with Gasteiger partial charge < -0.3 is 0 Å². The zero-order valence-corrected chi connectivity index (χ0v) is 15.6. The summed E-state index contributed by atoms with van der Waals surface area (Å²) in [5.74, 6) is -0.650. The van der Waals surface area contributed by atoms with Crippen LogP contribution in [0.2, 0.25) is 0 Å². The van der Waals surface area contributed by atoms with E-state index >= 15 is 0 Å². The van der Waals surface area contributed by atoms with Crippen molar-refractivity contribution < 1.29 is 9.59 Å². The number of carbonyl (C=O) groups excluding carboxylic acids is 2. The van der Waals surface area contributed by atoms with E-state index in [1.807, 2.05) is 71.4 Å². The maximum Gasteiger partial charge on any atom is 0.269 e. The average Bonchev–Trinajstić information content (AvgIpc) is 3.16. The highest BCUT2D eigenvalue weighted by atomic mass is 16.2. The number of hydrogen-bond acceptors (Lipinski definition) is 4. The molecule has 0 aliphatic carbocycles. The van der Waals surface area contributed by atoms with E-state index in [2.05, 4.69) is 21.2 Å². The molecule has 0 aliphatic rings. The van der Waals surface area contributed by atoms with Gasteiger partial charge in [0, 0.05) is 5.56 Å². The number of hydrogen-bond donors (Lipinski definition) is 2. The first-order valence-electron chi connectivity index (χ1n) is 9.19. The summed E-state index contributed by atoms with van der Waals surface area (Å²) in [4.78, 5) is 24.2. The van der Waals surface area contributed by atoms with Gasteiger partial charge in [0.25, 0.3) is 5.91 Å². The van der Waals surface area contributed by atoms with Crippen LogP contribution in [-0.4, -0.2) is 26.8 Å². The lowest BCUT2D eigenvalue weighted by Crippen LogP contribution is -2.42. The number of hydrazine groups is 1. The molecule has 0 saturated heterocycles. The number of nitrogens with zero attached hydrogens (tertiary/aromatic N) is 3. The smallest absolute Gasteiger partial charge is 0.269 e. The summed E-state index contributed by atoms with van der Waals surface area (Å²) in [6, 6.07) is 24.2. The van der Waals surface area contributed by atoms with E-state index in [1.54, 1.807) is 12.1 Å². The first kappa shape index (κ1) is 18.4. The van der Waals surface area contributed by atoms with Crippen molar-refractivity contribution in [2.45, 2.75) is 13.0 Å². The molecule has 0 unspecified atom stereocenters. The van der Waals surface area contributed by atoms with Crippen molar-refractivity contribution in [3.05, 3.63) is 95.6 Å². The molecule has 144 valence electrons. The van der Waals surface area contributed by atoms with Gasteiger partial charge in [0.05, 0.1) is 18.5 Å². The van der Waals surface area contributed by atoms with Crippen LogP contribution < -0.4 is 10.9 Å². The van der Waals surface area contributed by atoms with Crippen molar-refractivity contribution >= 4 is 22.8 Å². The fourth-order valence-corrected chi connectivity index (χ4v) is 2.99. The van der Waals surface area contributed by atoms with Crippen molar-refractivity contribution in [1.82, 2.24) is 25.8 Å². The molecular weight excluding hydrogens is 366 g/mol. The standard InChI is InChI=1S/C22H19N5O2/c28-21(14-16-6-2-1-3-7-16)24-25-22(29)18-12-10-17(11-13-18)15-27-20-9-5-4-8-19(20)23-26-27/h1-13H,14-15H2,(H,24,28)(H,25,29). The van der Waals surface area contributed by atoms with Crippen LogP contribution in [0, 0.1) is 0 Å². The minimum absolute atomic E-state index is 0.200. The summed E-state index contributed by atoms with van der Waals surface area (Å²) < 4.78 is 1.81. The van der Waals surface area contributed by atoms with Crippen LogP contribution >= 0.6 is 0 Å². The van der Waals surface area contributed by atoms with E-state index in [1.165, 1.54) is 0 Å². The molecule has 0 spiro atoms. The molecule has 2 N–H and O–H groups in total. The number of carbonyl (C=O) groups is 2. The Bertz CT molecular complexity index is 1140. The quantitative estimate of drug-likeness (QED) is 0.517. The van der Waals surface area contributed by atoms with Crippen LogP contribution in [-0.2, 0) is 17.8 Å². The number of para-hydroxylation sites is 1. The molecule has 7 nitrogen and oxygen atoms in total. The number of fused-ring (bicyclic) bond motifs is 1. The van der Waals surface area contributed by atoms with E-state index in [0.29, 0.717) is 12.1 Å². The minimum atomic E-state index is -0.371. The number of rotatable bonds is 5. The molecule has 0 aliphatic heterocycles. The minimum Gasteiger partial charge on any atom is -0.273 e. The van der Waals surface area contributed by atoms with Crippen LogP contribution in [0.3, 0.4) is 0 Å². The Balaban J connectivity index is 1.33. The normalized spacial score (nSPS) is 10.6. The summed E-state index contributed by atoms with van der Waals surface area (Å²) in [6.07, 6.45) is 0.200. The molecule has 0 radical (unpaired) electrons. The van der Waals surface area contributed by atoms with Crippen molar-refractivity contribution in [3.63, 3.8) is 0 Å². The molecule has 7 heteroatoms. The Morgan fingerprint density at radius 1 is 0.793 bits per heavy atom. The summed E-state index contributed by atoms with van der Waals surface area (Å²) in [5, 5.41) is 8.31. The Labute approximate surface area is 167 Å². The molecule has 4 rings (SSSR count). The van der Waals surface area contributed by atoms with Gasteiger partial charge >= 0.3 is 0 Å². The first-order chi connectivity index (χ1) is 14.2. The third-order valence-electron chi connectivity index (χ3n) is 4.49. The number of aromatic nitrogens is 3. The lowest BCUT2D eigenvalue weighted by molar-refractivity contribution is -0.121. The molecule has 0 atom stereocenters. The van der Waals surface area contributed by atoms with Crippen LogP contribution in [0.5, 0.6) is 0 Å². The van der Waals surface area contributed by atoms with Crippen molar-refractivity contribution in [3.8, 4) is 0 Å². The second kappa shape index (κ2) is 8.35. The van der Waals surface area contributed by atoms with Crippen LogP contribution in [0.15, 0.2) is 78.9 Å². The fraction of sp³-hybridized carbons (Fsp3) is 0.0909. The third-order valence-corrected chi connectivity index (χ3v) is 4.49. The molecule has 4 aromatic rings. The van der Waals surface area contributed by atoms with Gasteiger partial charge in [-0.15, -0.1) is 5.10 Å². The highest BCUT2D eigenvalue weighted by Gasteiger charge is 2.09. The lowest BCUT2D eigenvalue weighted by Gasteiger charge is -2.08. The van der Waals surface area contributed by atoms with Gasteiger partial charge in [-0.1, -0.05) is 59.8 Å². The summed E-state index contributed by atoms with van der Waals surface area (Å²) >= 11 is 0. The number of amides is 2. The highest BCUT2D eigenvalue weighted by Crippen LogP contribution is 2.13. The van der Waals surface area contributed by atoms with E-state index in [-0.39, 0.29) is 18.2 Å². The zero-order valence-electron chi connectivity index (χ0n) is 15.6. The summed E-state index contributed by atoms with van der Waals surface area (Å²) in [5.41, 5.74) is 9.00. The summed E-state index contributed by atoms with van der Waals surface area (Å²) in [7, 11) is 0. The fourth-order valence-electron chi connectivity index (χ4n) is 2.99. The third kappa shape index (κ3) is 4.47. The largest absolute Gasteiger partial charge is 0.273 e. The highest BCUT2D eigenvalue weighted by molar-refractivity contribution is 5.95. The monoisotopic (exact) mass is 385 g/mol. The van der Waals surface area contributed by atoms with Crippen LogP contribution in [0.4, 0.5) is 0 Å². The Morgan fingerprint density at radius 2 is 1.52 bits per heavy atom. The molecule has 0 fully saturated rings. The molecule has 2 amide bonds. The van der Waals surface area contributed by atoms with Crippen molar-refractivity contribution in [2.24, 2.45) is 0 Å². The van der Waals surface area contributed by atoms with Gasteiger partial charge in [-0.25, -0.2) is 4.68 Å². The topological polar surface area (TPSA) is 88.9 Å². The van der Waals surface area contributed by atoms with Gasteiger partial charge in [-0.2, -0.15) is 0 Å². The maximum atomic E-state index is 12.3. The molecule has 29 heavy (non-hydrogen) atoms. The Morgan fingerprint density at radius 3 is 2.31 bits per heavy atom. The average molecular weight is 385 g/mol. The summed E-state index contributed by atoms with van der Waals surface area (Å²) in [6.45, 7) is 0.552. The number of nitrogens with one attached hydrogen (secondary N) is 2. The first-order valence-corrected chi connectivity index (χ1v) is 9.19. The zero-order chi connectivity index (χ0) is 20.1. The van der Waals surface area contributed by atoms with Crippen molar-refractivity contribution in [1.29, 1.82) is 0 Å². The van der Waals surface area contributed by atoms with E-state index < -0.39 is 0 Å². The van der Waals surface area contributed by atoms with E-state index in [9.17, 15) is 9.59 Å². The van der Waals surface area contributed by atoms with E-state index in [4.69, 9.17) is 0 Å². The van der Waals surface area contributed by atoms with Crippen LogP contribution in [0.25, 0.3) is 11.0 Å². The second-order valence-electron chi connectivity index (χ2n) is 6.60. The van der Waals surface area contributed by atoms with Gasteiger partial charge in [0.2, 0.25) is 5.91 Å². The molecule has 0 bridgehead atoms. The molecule has 1 aromatic heterocycles. The molecule has 0 saturated carbocycles. The molecular formula is C22H19N5O2. The van der Waals surface area contributed by atoms with Gasteiger partial charge in [0.1, 0.15) is 5.52 Å². The lowest BCUT2D eigenvalue weighted by atomic mass is 10.1. The number of benzene rings is 3. The molecule has 3 aromatic carbocycles. The molecule has 1 heterocycles. The van der Waals surface area contributed by atoms with Gasteiger partial charge in [0.15, 0.2) is 0 Å². The Kier molecular flexibility index (Phi) is 5.29. The van der Waals surface area contributed by atoms with Crippen molar-refractivity contribution in [2.75, 3.05) is 0 Å².